The second kappa shape index (κ2) is 14.3. The van der Waals surface area contributed by atoms with E-state index in [2.05, 4.69) is 72.3 Å². The largest absolute Gasteiger partial charge is 0.316 e. The average Bonchev–Trinajstić information content (AvgIpc) is 2.84. The zero-order valence-corrected chi connectivity index (χ0v) is 20.3. The molecule has 1 aliphatic heterocycles. The van der Waals surface area contributed by atoms with Crippen molar-refractivity contribution in [2.24, 2.45) is 5.92 Å². The summed E-state index contributed by atoms with van der Waals surface area (Å²) in [4.78, 5) is 2.61. The molecular weight excluding hydrogens is 388 g/mol. The predicted octanol–water partition coefficient (Wildman–Crippen LogP) is 6.89. The minimum atomic E-state index is 0.863. The van der Waals surface area contributed by atoms with Gasteiger partial charge in [0.05, 0.1) is 0 Å². The molecule has 1 saturated heterocycles. The molecular formula is C30H44N2. The van der Waals surface area contributed by atoms with Crippen molar-refractivity contribution < 1.29 is 0 Å². The van der Waals surface area contributed by atoms with Gasteiger partial charge in [0, 0.05) is 6.54 Å². The number of piperidine rings is 1. The van der Waals surface area contributed by atoms with Crippen molar-refractivity contribution in [3.8, 4) is 0 Å². The highest BCUT2D eigenvalue weighted by Crippen LogP contribution is 2.19. The van der Waals surface area contributed by atoms with Gasteiger partial charge in [-0.1, -0.05) is 87.4 Å². The normalized spacial score (nSPS) is 15.2. The third-order valence-electron chi connectivity index (χ3n) is 7.02. The summed E-state index contributed by atoms with van der Waals surface area (Å²) >= 11 is 0. The van der Waals surface area contributed by atoms with E-state index in [4.69, 9.17) is 0 Å². The summed E-state index contributed by atoms with van der Waals surface area (Å²) in [5.41, 5.74) is 5.66. The fraction of sp³-hybridized carbons (Fsp3) is 0.533. The first kappa shape index (κ1) is 24.7. The van der Waals surface area contributed by atoms with Gasteiger partial charge in [0.25, 0.3) is 0 Å². The highest BCUT2D eigenvalue weighted by molar-refractivity contribution is 5.52. The van der Waals surface area contributed by atoms with Gasteiger partial charge in [-0.3, -0.25) is 4.90 Å². The van der Waals surface area contributed by atoms with Crippen LogP contribution in [0.3, 0.4) is 0 Å². The number of hydrogen-bond donors (Lipinski definition) is 1. The van der Waals surface area contributed by atoms with Crippen molar-refractivity contribution in [2.75, 3.05) is 26.2 Å². The maximum absolute atomic E-state index is 3.92. The van der Waals surface area contributed by atoms with E-state index in [1.54, 1.807) is 0 Å². The number of benzene rings is 2. The van der Waals surface area contributed by atoms with Crippen LogP contribution in [0.15, 0.2) is 55.1 Å². The number of unbranched alkanes of at least 4 members (excludes halogenated alkanes) is 4. The number of likely N-dealkylation sites (tertiary alicyclic amines) is 1. The van der Waals surface area contributed by atoms with Crippen molar-refractivity contribution in [2.45, 2.75) is 71.3 Å². The van der Waals surface area contributed by atoms with Crippen molar-refractivity contribution in [1.29, 1.82) is 0 Å². The Hall–Kier alpha value is -1.90. The van der Waals surface area contributed by atoms with Crippen LogP contribution >= 0.6 is 0 Å². The second-order valence-corrected chi connectivity index (χ2v) is 9.52. The molecule has 1 fully saturated rings. The standard InChI is InChI=1S/C30H44N2/c1-3-29-17-16-26(23-30(29)4-2)13-9-6-5-7-12-20-31-24-27-18-21-32(22-19-27)25-28-14-10-8-11-15-28/h3,8,10-11,14-17,23,27,31H,1,4-7,9,12-13,18-22,24-25H2,2H3. The lowest BCUT2D eigenvalue weighted by molar-refractivity contribution is 0.175. The first-order chi connectivity index (χ1) is 15.8. The minimum Gasteiger partial charge on any atom is -0.316 e. The Morgan fingerprint density at radius 1 is 0.938 bits per heavy atom. The monoisotopic (exact) mass is 432 g/mol. The van der Waals surface area contributed by atoms with Gasteiger partial charge in [-0.05, 0) is 92.9 Å². The van der Waals surface area contributed by atoms with E-state index in [-0.39, 0.29) is 0 Å². The first-order valence-corrected chi connectivity index (χ1v) is 13.0. The molecule has 0 atom stereocenters. The van der Waals surface area contributed by atoms with Crippen LogP contribution in [-0.2, 0) is 19.4 Å². The Labute approximate surface area is 197 Å². The van der Waals surface area contributed by atoms with Crippen molar-refractivity contribution in [3.63, 3.8) is 0 Å². The van der Waals surface area contributed by atoms with Gasteiger partial charge in [-0.25, -0.2) is 0 Å². The Kier molecular flexibility index (Phi) is 11.0. The summed E-state index contributed by atoms with van der Waals surface area (Å²) < 4.78 is 0. The summed E-state index contributed by atoms with van der Waals surface area (Å²) in [7, 11) is 0. The molecule has 2 nitrogen and oxygen atoms in total. The van der Waals surface area contributed by atoms with Gasteiger partial charge >= 0.3 is 0 Å². The van der Waals surface area contributed by atoms with Crippen LogP contribution in [0.25, 0.3) is 6.08 Å². The van der Waals surface area contributed by atoms with Gasteiger partial charge in [0.1, 0.15) is 0 Å². The minimum absolute atomic E-state index is 0.863. The zero-order chi connectivity index (χ0) is 22.4. The Balaban J connectivity index is 1.16. The van der Waals surface area contributed by atoms with E-state index < -0.39 is 0 Å². The Morgan fingerprint density at radius 3 is 2.44 bits per heavy atom. The van der Waals surface area contributed by atoms with E-state index in [9.17, 15) is 0 Å². The maximum atomic E-state index is 3.92. The molecule has 2 aromatic rings. The Bertz CT molecular complexity index is 775. The quantitative estimate of drug-likeness (QED) is 0.327. The van der Waals surface area contributed by atoms with Gasteiger partial charge in [-0.2, -0.15) is 0 Å². The van der Waals surface area contributed by atoms with E-state index in [1.807, 2.05) is 6.08 Å². The van der Waals surface area contributed by atoms with Gasteiger partial charge < -0.3 is 5.32 Å². The molecule has 2 aromatic carbocycles. The van der Waals surface area contributed by atoms with Crippen molar-refractivity contribution >= 4 is 6.08 Å². The van der Waals surface area contributed by atoms with Crippen LogP contribution in [0, 0.1) is 5.92 Å². The van der Waals surface area contributed by atoms with Crippen LogP contribution in [-0.4, -0.2) is 31.1 Å². The fourth-order valence-electron chi connectivity index (χ4n) is 4.93. The van der Waals surface area contributed by atoms with Crippen LogP contribution in [0.5, 0.6) is 0 Å². The first-order valence-electron chi connectivity index (χ1n) is 13.0. The summed E-state index contributed by atoms with van der Waals surface area (Å²) in [5, 5.41) is 3.73. The smallest absolute Gasteiger partial charge is 0.0233 e. The molecule has 0 bridgehead atoms. The fourth-order valence-corrected chi connectivity index (χ4v) is 4.93. The van der Waals surface area contributed by atoms with Crippen LogP contribution < -0.4 is 5.32 Å². The molecule has 3 rings (SSSR count). The van der Waals surface area contributed by atoms with Gasteiger partial charge in [0.15, 0.2) is 0 Å². The average molecular weight is 433 g/mol. The van der Waals surface area contributed by atoms with E-state index in [1.165, 1.54) is 99.8 Å². The number of rotatable bonds is 14. The highest BCUT2D eigenvalue weighted by Gasteiger charge is 2.18. The number of aryl methyl sites for hydroxylation is 2. The molecule has 0 aliphatic carbocycles. The number of nitrogens with zero attached hydrogens (tertiary/aromatic N) is 1. The molecule has 0 amide bonds. The van der Waals surface area contributed by atoms with Gasteiger partial charge in [-0.15, -0.1) is 0 Å². The van der Waals surface area contributed by atoms with E-state index >= 15 is 0 Å². The van der Waals surface area contributed by atoms with Gasteiger partial charge in [0.2, 0.25) is 0 Å². The number of nitrogens with one attached hydrogen (secondary N) is 1. The molecule has 0 spiro atoms. The second-order valence-electron chi connectivity index (χ2n) is 9.52. The van der Waals surface area contributed by atoms with Crippen molar-refractivity contribution in [3.05, 3.63) is 77.4 Å². The molecule has 1 aliphatic rings. The predicted molar refractivity (Wildman–Crippen MR) is 140 cm³/mol. The van der Waals surface area contributed by atoms with Crippen molar-refractivity contribution in [1.82, 2.24) is 10.2 Å². The zero-order valence-electron chi connectivity index (χ0n) is 20.3. The van der Waals surface area contributed by atoms with Crippen LogP contribution in [0.4, 0.5) is 0 Å². The topological polar surface area (TPSA) is 15.3 Å². The summed E-state index contributed by atoms with van der Waals surface area (Å²) in [5.74, 6) is 0.863. The molecule has 174 valence electrons. The van der Waals surface area contributed by atoms with E-state index in [0.29, 0.717) is 0 Å². The molecule has 1 N–H and O–H groups in total. The summed E-state index contributed by atoms with van der Waals surface area (Å²) in [6.07, 6.45) is 13.7. The molecule has 1 heterocycles. The highest BCUT2D eigenvalue weighted by atomic mass is 15.1. The van der Waals surface area contributed by atoms with Crippen LogP contribution in [0.1, 0.15) is 74.1 Å². The molecule has 2 heteroatoms. The lowest BCUT2D eigenvalue weighted by Gasteiger charge is -2.32. The number of hydrogen-bond acceptors (Lipinski definition) is 2. The lowest BCUT2D eigenvalue weighted by Crippen LogP contribution is -2.37. The van der Waals surface area contributed by atoms with E-state index in [0.717, 1.165) is 18.9 Å². The third-order valence-corrected chi connectivity index (χ3v) is 7.02. The molecule has 0 saturated carbocycles. The molecule has 32 heavy (non-hydrogen) atoms. The Morgan fingerprint density at radius 2 is 1.69 bits per heavy atom. The summed E-state index contributed by atoms with van der Waals surface area (Å²) in [6.45, 7) is 12.2. The lowest BCUT2D eigenvalue weighted by atomic mass is 9.96. The summed E-state index contributed by atoms with van der Waals surface area (Å²) in [6, 6.07) is 17.8. The SMILES string of the molecule is C=Cc1ccc(CCCCCCCNCC2CCN(Cc3ccccc3)CC2)cc1CC. The molecule has 0 unspecified atom stereocenters. The molecule has 0 aromatic heterocycles. The molecule has 0 radical (unpaired) electrons. The van der Waals surface area contributed by atoms with Crippen LogP contribution in [0.2, 0.25) is 0 Å². The maximum Gasteiger partial charge on any atom is 0.0233 e. The third kappa shape index (κ3) is 8.56.